The summed E-state index contributed by atoms with van der Waals surface area (Å²) >= 11 is 1.81. The number of hydrogen-bond acceptors (Lipinski definition) is 6. The summed E-state index contributed by atoms with van der Waals surface area (Å²) in [5, 5.41) is 14.7. The van der Waals surface area contributed by atoms with Gasteiger partial charge in [-0.2, -0.15) is 16.8 Å². The van der Waals surface area contributed by atoms with Crippen molar-refractivity contribution in [2.24, 2.45) is 0 Å². The molecule has 1 aliphatic rings. The lowest BCUT2D eigenvalue weighted by Gasteiger charge is -2.43. The van der Waals surface area contributed by atoms with E-state index in [0.29, 0.717) is 12.8 Å². The first kappa shape index (κ1) is 17.6. The Morgan fingerprint density at radius 1 is 1.40 bits per heavy atom. The van der Waals surface area contributed by atoms with Gasteiger partial charge in [-0.3, -0.25) is 4.84 Å². The van der Waals surface area contributed by atoms with E-state index in [0.717, 1.165) is 11.5 Å². The van der Waals surface area contributed by atoms with E-state index in [1.165, 1.54) is 12.2 Å². The van der Waals surface area contributed by atoms with E-state index < -0.39 is 23.5 Å². The van der Waals surface area contributed by atoms with Crippen molar-refractivity contribution in [1.29, 1.82) is 0 Å². The molecule has 0 aromatic carbocycles. The van der Waals surface area contributed by atoms with Crippen molar-refractivity contribution in [3.8, 4) is 0 Å². The van der Waals surface area contributed by atoms with Crippen molar-refractivity contribution in [1.82, 2.24) is 10.4 Å². The number of likely N-dealkylation sites (N-methyl/N-ethyl adjacent to an activating group) is 1. The van der Waals surface area contributed by atoms with E-state index in [-0.39, 0.29) is 0 Å². The molecular formula is C13H26N2O4S. The van der Waals surface area contributed by atoms with Gasteiger partial charge in [-0.15, -0.1) is 0 Å². The number of carbonyl (C=O) groups excluding carboxylic acids is 1. The number of nitrogens with one attached hydrogen (secondary N) is 1. The molecule has 1 atom stereocenters. The monoisotopic (exact) mass is 306 g/mol. The Balaban J connectivity index is 2.81. The van der Waals surface area contributed by atoms with Crippen molar-refractivity contribution in [3.05, 3.63) is 0 Å². The van der Waals surface area contributed by atoms with E-state index in [2.05, 4.69) is 5.32 Å². The maximum Gasteiger partial charge on any atom is 0.408 e. The van der Waals surface area contributed by atoms with Crippen LogP contribution in [0.4, 0.5) is 4.79 Å². The van der Waals surface area contributed by atoms with E-state index in [4.69, 9.17) is 9.57 Å². The van der Waals surface area contributed by atoms with Crippen LogP contribution in [0.15, 0.2) is 0 Å². The molecule has 1 fully saturated rings. The average molecular weight is 306 g/mol. The van der Waals surface area contributed by atoms with Gasteiger partial charge in [0.15, 0.2) is 6.23 Å². The highest BCUT2D eigenvalue weighted by Gasteiger charge is 2.44. The zero-order valence-corrected chi connectivity index (χ0v) is 13.7. The Labute approximate surface area is 125 Å². The highest BCUT2D eigenvalue weighted by Crippen LogP contribution is 2.31. The molecule has 0 radical (unpaired) electrons. The van der Waals surface area contributed by atoms with Gasteiger partial charge < -0.3 is 15.2 Å². The molecule has 1 rings (SSSR count). The van der Waals surface area contributed by atoms with Crippen molar-refractivity contribution in [2.45, 2.75) is 51.0 Å². The fourth-order valence-corrected chi connectivity index (χ4v) is 3.36. The second-order valence-corrected chi connectivity index (χ2v) is 7.22. The molecule has 118 valence electrons. The third kappa shape index (κ3) is 4.80. The number of hydroxylamine groups is 2. The van der Waals surface area contributed by atoms with Crippen molar-refractivity contribution >= 4 is 17.9 Å². The lowest BCUT2D eigenvalue weighted by molar-refractivity contribution is -0.229. The summed E-state index contributed by atoms with van der Waals surface area (Å²) in [4.78, 5) is 17.1. The second kappa shape index (κ2) is 6.98. The van der Waals surface area contributed by atoms with E-state index >= 15 is 0 Å². The van der Waals surface area contributed by atoms with E-state index in [1.54, 1.807) is 7.05 Å². The van der Waals surface area contributed by atoms with Crippen LogP contribution in [0, 0.1) is 0 Å². The molecule has 2 N–H and O–H groups in total. The lowest BCUT2D eigenvalue weighted by Crippen LogP contribution is -2.63. The summed E-state index contributed by atoms with van der Waals surface area (Å²) in [6, 6.07) is 0. The Morgan fingerprint density at radius 3 is 2.40 bits per heavy atom. The molecule has 0 aromatic rings. The summed E-state index contributed by atoms with van der Waals surface area (Å²) < 4.78 is 5.30. The number of rotatable bonds is 4. The third-order valence-electron chi connectivity index (χ3n) is 3.26. The van der Waals surface area contributed by atoms with Gasteiger partial charge in [0.1, 0.15) is 5.60 Å². The Kier molecular flexibility index (Phi) is 6.12. The van der Waals surface area contributed by atoms with Crippen LogP contribution >= 0.6 is 11.8 Å². The predicted molar refractivity (Wildman–Crippen MR) is 79.4 cm³/mol. The Hall–Kier alpha value is -0.500. The average Bonchev–Trinajstić information content (AvgIpc) is 2.35. The smallest absolute Gasteiger partial charge is 0.408 e. The lowest BCUT2D eigenvalue weighted by atomic mass is 9.90. The number of ether oxygens (including phenoxy) is 1. The molecule has 20 heavy (non-hydrogen) atoms. The molecule has 1 saturated heterocycles. The molecule has 1 unspecified atom stereocenters. The topological polar surface area (TPSA) is 71.0 Å². The molecule has 0 bridgehead atoms. The van der Waals surface area contributed by atoms with Gasteiger partial charge in [-0.25, -0.2) is 4.79 Å². The highest BCUT2D eigenvalue weighted by atomic mass is 32.2. The number of alkyl carbamates (subject to hydrolysis) is 1. The maximum atomic E-state index is 12.0. The van der Waals surface area contributed by atoms with Crippen molar-refractivity contribution < 1.29 is 19.5 Å². The Bertz CT molecular complexity index is 327. The van der Waals surface area contributed by atoms with Gasteiger partial charge in [0.25, 0.3) is 0 Å². The van der Waals surface area contributed by atoms with Crippen LogP contribution in [-0.4, -0.2) is 59.3 Å². The summed E-state index contributed by atoms with van der Waals surface area (Å²) in [6.07, 6.45) is -0.0775. The third-order valence-corrected chi connectivity index (χ3v) is 4.25. The number of amides is 1. The summed E-state index contributed by atoms with van der Waals surface area (Å²) in [5.41, 5.74) is -1.30. The van der Waals surface area contributed by atoms with Crippen molar-refractivity contribution in [3.63, 3.8) is 0 Å². The van der Waals surface area contributed by atoms with E-state index in [9.17, 15) is 9.90 Å². The minimum atomic E-state index is -0.916. The molecule has 0 spiro atoms. The molecule has 1 amide bonds. The maximum absolute atomic E-state index is 12.0. The predicted octanol–water partition coefficient (Wildman–Crippen LogP) is 1.59. The Morgan fingerprint density at radius 2 is 1.95 bits per heavy atom. The number of hydrogen-bond donors (Lipinski definition) is 2. The number of aliphatic hydroxyl groups excluding tert-OH is 1. The molecule has 0 aliphatic carbocycles. The van der Waals surface area contributed by atoms with Crippen LogP contribution in [0.1, 0.15) is 33.6 Å². The molecule has 0 aromatic heterocycles. The molecule has 0 saturated carbocycles. The normalized spacial score (nSPS) is 20.6. The van der Waals surface area contributed by atoms with Crippen LogP contribution in [0.3, 0.4) is 0 Å². The minimum absolute atomic E-state index is 0.507. The van der Waals surface area contributed by atoms with E-state index in [1.807, 2.05) is 32.5 Å². The zero-order valence-electron chi connectivity index (χ0n) is 12.9. The van der Waals surface area contributed by atoms with Crippen LogP contribution in [0.2, 0.25) is 0 Å². The minimum Gasteiger partial charge on any atom is -0.444 e. The zero-order chi connectivity index (χ0) is 15.4. The SMILES string of the molecule is CON(C)C(O)C1(NC(=O)OC(C)(C)C)CCSCC1. The molecule has 6 nitrogen and oxygen atoms in total. The van der Waals surface area contributed by atoms with Crippen LogP contribution in [-0.2, 0) is 9.57 Å². The molecule has 1 heterocycles. The largest absolute Gasteiger partial charge is 0.444 e. The second-order valence-electron chi connectivity index (χ2n) is 6.00. The van der Waals surface area contributed by atoms with Gasteiger partial charge in [0.2, 0.25) is 0 Å². The fourth-order valence-electron chi connectivity index (χ4n) is 2.14. The number of nitrogens with zero attached hydrogens (tertiary/aromatic N) is 1. The molecule has 1 aliphatic heterocycles. The fraction of sp³-hybridized carbons (Fsp3) is 0.923. The van der Waals surface area contributed by atoms with Crippen LogP contribution in [0.5, 0.6) is 0 Å². The van der Waals surface area contributed by atoms with Gasteiger partial charge in [-0.05, 0) is 45.1 Å². The molecule has 7 heteroatoms. The number of carbonyl (C=O) groups is 1. The van der Waals surface area contributed by atoms with Gasteiger partial charge in [-0.1, -0.05) is 0 Å². The summed E-state index contributed by atoms with van der Waals surface area (Å²) in [5.74, 6) is 1.76. The number of aliphatic hydroxyl groups is 1. The first-order chi connectivity index (χ1) is 9.20. The van der Waals surface area contributed by atoms with Gasteiger partial charge in [0.05, 0.1) is 12.6 Å². The van der Waals surface area contributed by atoms with Crippen molar-refractivity contribution in [2.75, 3.05) is 25.7 Å². The first-order valence-electron chi connectivity index (χ1n) is 6.74. The van der Waals surface area contributed by atoms with Gasteiger partial charge >= 0.3 is 6.09 Å². The summed E-state index contributed by atoms with van der Waals surface area (Å²) in [7, 11) is 3.13. The van der Waals surface area contributed by atoms with Crippen LogP contribution < -0.4 is 5.32 Å². The standard InChI is InChI=1S/C13H26N2O4S/c1-12(2,3)19-11(17)14-13(6-8-20-9-7-13)10(16)15(4)18-5/h10,16H,6-9H2,1-5H3,(H,14,17). The molecular weight excluding hydrogens is 280 g/mol. The summed E-state index contributed by atoms with van der Waals surface area (Å²) in [6.45, 7) is 5.44. The number of thioether (sulfide) groups is 1. The van der Waals surface area contributed by atoms with Crippen LogP contribution in [0.25, 0.3) is 0 Å². The van der Waals surface area contributed by atoms with Gasteiger partial charge in [0, 0.05) is 7.05 Å². The quantitative estimate of drug-likeness (QED) is 0.607. The first-order valence-corrected chi connectivity index (χ1v) is 7.89. The highest BCUT2D eigenvalue weighted by molar-refractivity contribution is 7.99.